The predicted molar refractivity (Wildman–Crippen MR) is 84.7 cm³/mol. The first-order chi connectivity index (χ1) is 9.63. The SMILES string of the molecule is Oc1cccc(-c2nc(-c3cc(Cl)ccc3Cl)cs2)c1. The molecule has 5 heteroatoms. The zero-order chi connectivity index (χ0) is 14.1. The Bertz CT molecular complexity index is 770. The van der Waals surface area contributed by atoms with Crippen molar-refractivity contribution in [3.8, 4) is 27.6 Å². The highest BCUT2D eigenvalue weighted by molar-refractivity contribution is 7.13. The first-order valence-corrected chi connectivity index (χ1v) is 7.47. The number of aromatic nitrogens is 1. The number of thiazole rings is 1. The lowest BCUT2D eigenvalue weighted by Gasteiger charge is -2.01. The highest BCUT2D eigenvalue weighted by Gasteiger charge is 2.10. The Morgan fingerprint density at radius 3 is 2.70 bits per heavy atom. The van der Waals surface area contributed by atoms with Crippen LogP contribution in [0.1, 0.15) is 0 Å². The van der Waals surface area contributed by atoms with Gasteiger partial charge in [-0.15, -0.1) is 11.3 Å². The topological polar surface area (TPSA) is 33.1 Å². The Labute approximate surface area is 130 Å². The third-order valence-corrected chi connectivity index (χ3v) is 4.26. The van der Waals surface area contributed by atoms with Crippen LogP contribution in [0.5, 0.6) is 5.75 Å². The molecule has 3 rings (SSSR count). The zero-order valence-corrected chi connectivity index (χ0v) is 12.5. The number of aromatic hydroxyl groups is 1. The summed E-state index contributed by atoms with van der Waals surface area (Å²) in [5, 5.41) is 13.5. The fourth-order valence-corrected chi connectivity index (χ4v) is 3.07. The van der Waals surface area contributed by atoms with Gasteiger partial charge in [-0.1, -0.05) is 35.3 Å². The molecule has 0 aliphatic heterocycles. The lowest BCUT2D eigenvalue weighted by Crippen LogP contribution is -1.81. The quantitative estimate of drug-likeness (QED) is 0.677. The average Bonchev–Trinajstić information content (AvgIpc) is 2.91. The Morgan fingerprint density at radius 1 is 1.05 bits per heavy atom. The van der Waals surface area contributed by atoms with Gasteiger partial charge < -0.3 is 5.11 Å². The van der Waals surface area contributed by atoms with E-state index in [1.807, 2.05) is 11.4 Å². The van der Waals surface area contributed by atoms with Crippen molar-refractivity contribution in [2.24, 2.45) is 0 Å². The molecule has 0 spiro atoms. The van der Waals surface area contributed by atoms with E-state index in [1.54, 1.807) is 36.4 Å². The standard InChI is InChI=1S/C15H9Cl2NOS/c16-10-4-5-13(17)12(7-10)14-8-20-15(18-14)9-2-1-3-11(19)6-9/h1-8,19H. The summed E-state index contributed by atoms with van der Waals surface area (Å²) < 4.78 is 0. The van der Waals surface area contributed by atoms with Gasteiger partial charge in [0.25, 0.3) is 0 Å². The number of rotatable bonds is 2. The third kappa shape index (κ3) is 2.66. The Kier molecular flexibility index (Phi) is 3.66. The van der Waals surface area contributed by atoms with Crippen LogP contribution in [-0.2, 0) is 0 Å². The summed E-state index contributed by atoms with van der Waals surface area (Å²) in [5.41, 5.74) is 2.46. The zero-order valence-electron chi connectivity index (χ0n) is 10.2. The Hall–Kier alpha value is -1.55. The van der Waals surface area contributed by atoms with Gasteiger partial charge in [0.1, 0.15) is 10.8 Å². The molecule has 3 aromatic rings. The van der Waals surface area contributed by atoms with Crippen molar-refractivity contribution in [3.63, 3.8) is 0 Å². The smallest absolute Gasteiger partial charge is 0.124 e. The molecule has 0 saturated heterocycles. The molecule has 0 bridgehead atoms. The molecule has 0 atom stereocenters. The van der Waals surface area contributed by atoms with E-state index in [2.05, 4.69) is 4.98 Å². The van der Waals surface area contributed by atoms with Crippen molar-refractivity contribution >= 4 is 34.5 Å². The van der Waals surface area contributed by atoms with Crippen LogP contribution in [0.4, 0.5) is 0 Å². The van der Waals surface area contributed by atoms with E-state index in [9.17, 15) is 5.11 Å². The summed E-state index contributed by atoms with van der Waals surface area (Å²) >= 11 is 13.7. The third-order valence-electron chi connectivity index (χ3n) is 2.80. The molecule has 0 unspecified atom stereocenters. The molecule has 0 saturated carbocycles. The van der Waals surface area contributed by atoms with E-state index in [0.717, 1.165) is 21.8 Å². The molecule has 1 heterocycles. The molecule has 0 fully saturated rings. The van der Waals surface area contributed by atoms with Gasteiger partial charge in [0.2, 0.25) is 0 Å². The van der Waals surface area contributed by atoms with E-state index in [-0.39, 0.29) is 5.75 Å². The van der Waals surface area contributed by atoms with Gasteiger partial charge >= 0.3 is 0 Å². The fourth-order valence-electron chi connectivity index (χ4n) is 1.86. The number of nitrogens with zero attached hydrogens (tertiary/aromatic N) is 1. The first-order valence-electron chi connectivity index (χ1n) is 5.84. The molecule has 0 radical (unpaired) electrons. The van der Waals surface area contributed by atoms with E-state index in [1.165, 1.54) is 11.3 Å². The van der Waals surface area contributed by atoms with Crippen molar-refractivity contribution in [1.82, 2.24) is 4.98 Å². The summed E-state index contributed by atoms with van der Waals surface area (Å²) in [6, 6.07) is 12.3. The number of phenolic OH excluding ortho intramolecular Hbond substituents is 1. The molecule has 100 valence electrons. The number of hydrogen-bond donors (Lipinski definition) is 1. The second-order valence-corrected chi connectivity index (χ2v) is 5.91. The van der Waals surface area contributed by atoms with Gasteiger partial charge in [-0.05, 0) is 30.3 Å². The Balaban J connectivity index is 2.04. The van der Waals surface area contributed by atoms with Gasteiger partial charge in [0.05, 0.1) is 10.7 Å². The number of phenols is 1. The summed E-state index contributed by atoms with van der Waals surface area (Å²) in [6.07, 6.45) is 0. The minimum absolute atomic E-state index is 0.222. The normalized spacial score (nSPS) is 10.7. The number of benzene rings is 2. The number of halogens is 2. The van der Waals surface area contributed by atoms with Gasteiger partial charge in [-0.25, -0.2) is 4.98 Å². The maximum atomic E-state index is 9.52. The highest BCUT2D eigenvalue weighted by atomic mass is 35.5. The second-order valence-electron chi connectivity index (χ2n) is 4.21. The molecular formula is C15H9Cl2NOS. The lowest BCUT2D eigenvalue weighted by atomic mass is 10.2. The summed E-state index contributed by atoms with van der Waals surface area (Å²) in [4.78, 5) is 4.56. The molecular weight excluding hydrogens is 313 g/mol. The van der Waals surface area contributed by atoms with Crippen molar-refractivity contribution in [1.29, 1.82) is 0 Å². The molecule has 2 aromatic carbocycles. The van der Waals surface area contributed by atoms with E-state index in [4.69, 9.17) is 23.2 Å². The van der Waals surface area contributed by atoms with E-state index in [0.29, 0.717) is 10.0 Å². The van der Waals surface area contributed by atoms with Crippen LogP contribution in [0.2, 0.25) is 10.0 Å². The van der Waals surface area contributed by atoms with Gasteiger partial charge in [-0.3, -0.25) is 0 Å². The molecule has 1 N–H and O–H groups in total. The lowest BCUT2D eigenvalue weighted by molar-refractivity contribution is 0.475. The van der Waals surface area contributed by atoms with Crippen molar-refractivity contribution < 1.29 is 5.11 Å². The van der Waals surface area contributed by atoms with Crippen LogP contribution >= 0.6 is 34.5 Å². The van der Waals surface area contributed by atoms with Crippen molar-refractivity contribution in [3.05, 3.63) is 57.9 Å². The van der Waals surface area contributed by atoms with E-state index < -0.39 is 0 Å². The predicted octanol–water partition coefficient (Wildman–Crippen LogP) is 5.49. The number of hydrogen-bond acceptors (Lipinski definition) is 3. The van der Waals surface area contributed by atoms with Gasteiger partial charge in [0.15, 0.2) is 0 Å². The largest absolute Gasteiger partial charge is 0.508 e. The minimum Gasteiger partial charge on any atom is -0.508 e. The molecule has 0 aliphatic rings. The summed E-state index contributed by atoms with van der Waals surface area (Å²) in [6.45, 7) is 0. The molecule has 2 nitrogen and oxygen atoms in total. The highest BCUT2D eigenvalue weighted by Crippen LogP contribution is 2.34. The maximum absolute atomic E-state index is 9.52. The van der Waals surface area contributed by atoms with Gasteiger partial charge in [-0.2, -0.15) is 0 Å². The van der Waals surface area contributed by atoms with Gasteiger partial charge in [0, 0.05) is 21.5 Å². The maximum Gasteiger partial charge on any atom is 0.124 e. The molecule has 20 heavy (non-hydrogen) atoms. The van der Waals surface area contributed by atoms with Crippen LogP contribution in [0, 0.1) is 0 Å². The van der Waals surface area contributed by atoms with Crippen LogP contribution in [0.15, 0.2) is 47.8 Å². The van der Waals surface area contributed by atoms with Crippen LogP contribution in [0.3, 0.4) is 0 Å². The first kappa shape index (κ1) is 13.4. The van der Waals surface area contributed by atoms with Crippen molar-refractivity contribution in [2.45, 2.75) is 0 Å². The summed E-state index contributed by atoms with van der Waals surface area (Å²) in [7, 11) is 0. The second kappa shape index (κ2) is 5.44. The van der Waals surface area contributed by atoms with E-state index >= 15 is 0 Å². The van der Waals surface area contributed by atoms with Crippen LogP contribution in [-0.4, -0.2) is 10.1 Å². The fraction of sp³-hybridized carbons (Fsp3) is 0. The van der Waals surface area contributed by atoms with Crippen LogP contribution in [0.25, 0.3) is 21.8 Å². The van der Waals surface area contributed by atoms with Crippen molar-refractivity contribution in [2.75, 3.05) is 0 Å². The molecule has 0 amide bonds. The molecule has 1 aromatic heterocycles. The van der Waals surface area contributed by atoms with Crippen LogP contribution < -0.4 is 0 Å². The monoisotopic (exact) mass is 321 g/mol. The summed E-state index contributed by atoms with van der Waals surface area (Å²) in [5.74, 6) is 0.222. The molecule has 0 aliphatic carbocycles. The average molecular weight is 322 g/mol. The Morgan fingerprint density at radius 2 is 1.90 bits per heavy atom. The minimum atomic E-state index is 0.222.